The Morgan fingerprint density at radius 3 is 2.94 bits per heavy atom. The second kappa shape index (κ2) is 5.39. The normalized spacial score (nSPS) is 18.7. The number of hydrogen-bond acceptors (Lipinski definition) is 6. The number of rotatable bonds is 3. The van der Waals surface area contributed by atoms with Gasteiger partial charge in [0, 0.05) is 0 Å². The summed E-state index contributed by atoms with van der Waals surface area (Å²) in [4.78, 5) is 15.6. The number of anilines is 1. The van der Waals surface area contributed by atoms with E-state index in [0.717, 1.165) is 0 Å². The molecule has 1 aromatic rings. The van der Waals surface area contributed by atoms with Crippen molar-refractivity contribution < 1.29 is 14.3 Å². The van der Waals surface area contributed by atoms with E-state index in [1.54, 1.807) is 7.11 Å². The first-order valence-electron chi connectivity index (χ1n) is 5.60. The van der Waals surface area contributed by atoms with Crippen LogP contribution in [0.4, 0.5) is 5.69 Å². The third-order valence-electron chi connectivity index (χ3n) is 2.42. The minimum absolute atomic E-state index is 0.0373. The molecule has 6 heteroatoms. The highest BCUT2D eigenvalue weighted by molar-refractivity contribution is 6.35. The lowest BCUT2D eigenvalue weighted by Gasteiger charge is -2.19. The molecule has 1 aromatic carbocycles. The molecular formula is C12H15N3O3. The van der Waals surface area contributed by atoms with Crippen molar-refractivity contribution in [1.29, 1.82) is 0 Å². The molecule has 1 atom stereocenters. The minimum atomic E-state index is -0.463. The number of methoxy groups -OCH3 is 1. The van der Waals surface area contributed by atoms with E-state index in [-0.39, 0.29) is 11.9 Å². The predicted molar refractivity (Wildman–Crippen MR) is 67.6 cm³/mol. The third kappa shape index (κ3) is 2.71. The highest BCUT2D eigenvalue weighted by Gasteiger charge is 2.20. The van der Waals surface area contributed by atoms with Gasteiger partial charge in [-0.2, -0.15) is 0 Å². The molecule has 1 unspecified atom stereocenters. The average molecular weight is 249 g/mol. The summed E-state index contributed by atoms with van der Waals surface area (Å²) in [6.07, 6.45) is 0. The second-order valence-electron chi connectivity index (χ2n) is 3.88. The molecule has 0 saturated heterocycles. The maximum absolute atomic E-state index is 11.4. The molecule has 2 N–H and O–H groups in total. The summed E-state index contributed by atoms with van der Waals surface area (Å²) in [5.41, 5.74) is 6.33. The Bertz CT molecular complexity index is 473. The van der Waals surface area contributed by atoms with Crippen molar-refractivity contribution in [2.24, 2.45) is 4.99 Å². The van der Waals surface area contributed by atoms with Gasteiger partial charge in [0.15, 0.2) is 0 Å². The molecule has 18 heavy (non-hydrogen) atoms. The molecule has 0 amide bonds. The topological polar surface area (TPSA) is 71.9 Å². The van der Waals surface area contributed by atoms with Crippen molar-refractivity contribution in [3.05, 3.63) is 24.3 Å². The van der Waals surface area contributed by atoms with Crippen molar-refractivity contribution in [2.45, 2.75) is 13.0 Å². The SMILES string of the molecule is COc1ccccc1NNC1=NC(C)COC1=O. The predicted octanol–water partition coefficient (Wildman–Crippen LogP) is 0.955. The number of aliphatic imine (C=N–C) groups is 1. The Kier molecular flexibility index (Phi) is 3.66. The number of nitrogens with zero attached hydrogens (tertiary/aromatic N) is 1. The van der Waals surface area contributed by atoms with Gasteiger partial charge in [0.05, 0.1) is 18.8 Å². The highest BCUT2D eigenvalue weighted by atomic mass is 16.5. The maximum Gasteiger partial charge on any atom is 0.375 e. The Morgan fingerprint density at radius 2 is 2.17 bits per heavy atom. The van der Waals surface area contributed by atoms with E-state index in [9.17, 15) is 4.79 Å². The zero-order chi connectivity index (χ0) is 13.0. The van der Waals surface area contributed by atoms with Crippen LogP contribution in [-0.2, 0) is 9.53 Å². The summed E-state index contributed by atoms with van der Waals surface area (Å²) in [7, 11) is 1.58. The quantitative estimate of drug-likeness (QED) is 0.616. The van der Waals surface area contributed by atoms with Gasteiger partial charge in [-0.1, -0.05) is 12.1 Å². The lowest BCUT2D eigenvalue weighted by molar-refractivity contribution is -0.137. The zero-order valence-corrected chi connectivity index (χ0v) is 10.3. The van der Waals surface area contributed by atoms with Gasteiger partial charge in [-0.3, -0.25) is 15.8 Å². The molecule has 96 valence electrons. The van der Waals surface area contributed by atoms with E-state index in [0.29, 0.717) is 18.0 Å². The number of benzene rings is 1. The van der Waals surface area contributed by atoms with E-state index < -0.39 is 5.97 Å². The monoisotopic (exact) mass is 249 g/mol. The molecule has 6 nitrogen and oxygen atoms in total. The molecule has 0 bridgehead atoms. The van der Waals surface area contributed by atoms with Crippen LogP contribution in [0.1, 0.15) is 6.92 Å². The molecule has 0 saturated carbocycles. The van der Waals surface area contributed by atoms with E-state index in [1.807, 2.05) is 31.2 Å². The number of carbonyl (C=O) groups excluding carboxylic acids is 1. The number of amidine groups is 1. The van der Waals surface area contributed by atoms with Crippen molar-refractivity contribution in [2.75, 3.05) is 19.1 Å². The summed E-state index contributed by atoms with van der Waals surface area (Å²) in [6, 6.07) is 7.32. The van der Waals surface area contributed by atoms with Crippen LogP contribution < -0.4 is 15.6 Å². The largest absolute Gasteiger partial charge is 0.495 e. The van der Waals surface area contributed by atoms with Crippen LogP contribution in [0.3, 0.4) is 0 Å². The van der Waals surface area contributed by atoms with Crippen molar-refractivity contribution in [1.82, 2.24) is 5.43 Å². The first-order chi connectivity index (χ1) is 8.70. The average Bonchev–Trinajstić information content (AvgIpc) is 2.40. The van der Waals surface area contributed by atoms with E-state index in [1.165, 1.54) is 0 Å². The fraction of sp³-hybridized carbons (Fsp3) is 0.333. The minimum Gasteiger partial charge on any atom is -0.495 e. The van der Waals surface area contributed by atoms with Crippen LogP contribution in [0.15, 0.2) is 29.3 Å². The fourth-order valence-electron chi connectivity index (χ4n) is 1.53. The maximum atomic E-state index is 11.4. The lowest BCUT2D eigenvalue weighted by Crippen LogP contribution is -2.41. The van der Waals surface area contributed by atoms with Crippen molar-refractivity contribution in [3.8, 4) is 5.75 Å². The molecule has 0 aromatic heterocycles. The molecule has 1 aliphatic heterocycles. The Labute approximate surface area is 105 Å². The van der Waals surface area contributed by atoms with Crippen LogP contribution in [0.25, 0.3) is 0 Å². The van der Waals surface area contributed by atoms with Gasteiger partial charge in [-0.15, -0.1) is 0 Å². The van der Waals surface area contributed by atoms with Crippen LogP contribution in [0.2, 0.25) is 0 Å². The molecule has 2 rings (SSSR count). The summed E-state index contributed by atoms with van der Waals surface area (Å²) < 4.78 is 10.1. The molecular weight excluding hydrogens is 234 g/mol. The Morgan fingerprint density at radius 1 is 1.39 bits per heavy atom. The number of carbonyl (C=O) groups is 1. The molecule has 0 aliphatic carbocycles. The summed E-state index contributed by atoms with van der Waals surface area (Å²) in [5, 5.41) is 0. The number of hydrogen-bond donors (Lipinski definition) is 2. The fourth-order valence-corrected chi connectivity index (χ4v) is 1.53. The van der Waals surface area contributed by atoms with E-state index >= 15 is 0 Å². The summed E-state index contributed by atoms with van der Waals surface area (Å²) in [6.45, 7) is 2.19. The van der Waals surface area contributed by atoms with Crippen molar-refractivity contribution >= 4 is 17.5 Å². The van der Waals surface area contributed by atoms with Gasteiger partial charge < -0.3 is 9.47 Å². The number of cyclic esters (lactones) is 1. The third-order valence-corrected chi connectivity index (χ3v) is 2.42. The first-order valence-corrected chi connectivity index (χ1v) is 5.60. The summed E-state index contributed by atoms with van der Waals surface area (Å²) >= 11 is 0. The van der Waals surface area contributed by atoms with Crippen LogP contribution >= 0.6 is 0 Å². The molecule has 1 aliphatic rings. The van der Waals surface area contributed by atoms with Crippen LogP contribution in [0.5, 0.6) is 5.75 Å². The molecule has 0 radical (unpaired) electrons. The summed E-state index contributed by atoms with van der Waals surface area (Å²) in [5.74, 6) is 0.373. The number of para-hydroxylation sites is 2. The standard InChI is InChI=1S/C12H15N3O3/c1-8-7-18-12(16)11(13-8)15-14-9-5-3-4-6-10(9)17-2/h3-6,8,14H,7H2,1-2H3,(H,13,15). The van der Waals surface area contributed by atoms with Gasteiger partial charge in [0.2, 0.25) is 5.84 Å². The zero-order valence-electron chi connectivity index (χ0n) is 10.3. The molecule has 0 spiro atoms. The van der Waals surface area contributed by atoms with Gasteiger partial charge in [-0.25, -0.2) is 4.79 Å². The van der Waals surface area contributed by atoms with Crippen LogP contribution in [0, 0.1) is 0 Å². The Hall–Kier alpha value is -2.24. The van der Waals surface area contributed by atoms with E-state index in [2.05, 4.69) is 15.8 Å². The number of nitrogens with one attached hydrogen (secondary N) is 2. The number of esters is 1. The highest BCUT2D eigenvalue weighted by Crippen LogP contribution is 2.21. The Balaban J connectivity index is 2.05. The van der Waals surface area contributed by atoms with Gasteiger partial charge in [0.1, 0.15) is 12.4 Å². The van der Waals surface area contributed by atoms with Crippen LogP contribution in [-0.4, -0.2) is 31.6 Å². The molecule has 0 fully saturated rings. The number of hydrazine groups is 1. The van der Waals surface area contributed by atoms with E-state index in [4.69, 9.17) is 9.47 Å². The van der Waals surface area contributed by atoms with Gasteiger partial charge in [0.25, 0.3) is 0 Å². The first kappa shape index (κ1) is 12.2. The smallest absolute Gasteiger partial charge is 0.375 e. The second-order valence-corrected chi connectivity index (χ2v) is 3.88. The van der Waals surface area contributed by atoms with Crippen molar-refractivity contribution in [3.63, 3.8) is 0 Å². The van der Waals surface area contributed by atoms with Gasteiger partial charge in [-0.05, 0) is 19.1 Å². The number of ether oxygens (including phenoxy) is 2. The molecule has 1 heterocycles. The lowest BCUT2D eigenvalue weighted by atomic mass is 10.3. The van der Waals surface area contributed by atoms with Gasteiger partial charge >= 0.3 is 5.97 Å².